The Morgan fingerprint density at radius 2 is 1.43 bits per heavy atom. The second-order valence-corrected chi connectivity index (χ2v) is 0.408. The van der Waals surface area contributed by atoms with Crippen molar-refractivity contribution in [3.05, 3.63) is 12.7 Å². The molecule has 0 heterocycles. The third-order valence-electron chi connectivity index (χ3n) is 0. The maximum absolute atomic E-state index is 8.00. The average Bonchev–Trinajstić information content (AvgIpc) is 1.46. The molecule has 1 nitrogen and oxygen atoms in total. The molecule has 0 bridgehead atoms. The Bertz CT molecular complexity index is 22.0. The second kappa shape index (κ2) is 90.2. The van der Waals surface area contributed by atoms with Crippen LogP contribution in [0.15, 0.2) is 12.7 Å². The van der Waals surface area contributed by atoms with Gasteiger partial charge in [-0.05, 0) is 6.92 Å². The van der Waals surface area contributed by atoms with Crippen LogP contribution in [0, 0.1) is 31.1 Å². The van der Waals surface area contributed by atoms with Gasteiger partial charge in [0.05, 0.1) is 0 Å². The Morgan fingerprint density at radius 1 is 1.43 bits per heavy atom. The largest absolute Gasteiger partial charge is 0.307 e. The summed E-state index contributed by atoms with van der Waals surface area (Å²) in [5, 5.41) is 0. The molecule has 0 saturated heterocycles. The Labute approximate surface area is 69.6 Å². The van der Waals surface area contributed by atoms with Crippen LogP contribution in [0.1, 0.15) is 14.4 Å². The van der Waals surface area contributed by atoms with Crippen molar-refractivity contribution < 1.29 is 35.9 Å². The minimum Gasteiger partial charge on any atom is -0.307 e. The van der Waals surface area contributed by atoms with E-state index in [4.69, 9.17) is 4.79 Å². The van der Waals surface area contributed by atoms with E-state index in [-0.39, 0.29) is 38.5 Å². The van der Waals surface area contributed by atoms with Crippen molar-refractivity contribution in [2.24, 2.45) is 0 Å². The summed E-state index contributed by atoms with van der Waals surface area (Å²) in [6.45, 7) is 7.25. The first-order chi connectivity index (χ1) is 2.41. The van der Waals surface area contributed by atoms with E-state index in [1.54, 1.807) is 6.08 Å². The van der Waals surface area contributed by atoms with Crippen LogP contribution < -0.4 is 0 Å². The van der Waals surface area contributed by atoms with E-state index < -0.39 is 0 Å². The predicted molar refractivity (Wildman–Crippen MR) is 29.7 cm³/mol. The fourth-order valence-electron chi connectivity index (χ4n) is 0. The molecule has 0 atom stereocenters. The van der Waals surface area contributed by atoms with Gasteiger partial charge in [0, 0.05) is 31.1 Å². The van der Waals surface area contributed by atoms with Crippen LogP contribution in [0.2, 0.25) is 0 Å². The van der Waals surface area contributed by atoms with Crippen LogP contribution in [0.3, 0.4) is 0 Å². The van der Waals surface area contributed by atoms with Gasteiger partial charge in [-0.25, -0.2) is 0 Å². The molecule has 0 aliphatic carbocycles. The number of carbonyl (C=O) groups excluding carboxylic acids is 1. The molecule has 0 rings (SSSR count). The average molecular weight is 326 g/mol. The van der Waals surface area contributed by atoms with Gasteiger partial charge in [-0.2, -0.15) is 0 Å². The van der Waals surface area contributed by atoms with Crippen LogP contribution in [0.5, 0.6) is 0 Å². The molecular formula is C5H12OU. The molecular weight excluding hydrogens is 314 g/mol. The maximum atomic E-state index is 8.00. The molecule has 0 aromatic rings. The van der Waals surface area contributed by atoms with Gasteiger partial charge in [0.1, 0.15) is 6.79 Å². The summed E-state index contributed by atoms with van der Waals surface area (Å²) in [5.74, 6) is 0. The van der Waals surface area contributed by atoms with E-state index in [0.29, 0.717) is 0 Å². The van der Waals surface area contributed by atoms with E-state index in [0.717, 1.165) is 0 Å². The third-order valence-corrected chi connectivity index (χ3v) is 0. The Morgan fingerprint density at radius 3 is 1.43 bits per heavy atom. The van der Waals surface area contributed by atoms with Crippen molar-refractivity contribution >= 4 is 6.79 Å². The van der Waals surface area contributed by atoms with Gasteiger partial charge >= 0.3 is 0 Å². The molecule has 0 radical (unpaired) electrons. The van der Waals surface area contributed by atoms with Crippen LogP contribution >= 0.6 is 0 Å². The van der Waals surface area contributed by atoms with Crippen molar-refractivity contribution in [3.63, 3.8) is 0 Å². The van der Waals surface area contributed by atoms with Crippen LogP contribution in [-0.4, -0.2) is 6.79 Å². The quantitative estimate of drug-likeness (QED) is 0.619. The number of allylic oxidation sites excluding steroid dienone is 1. The SMILES string of the molecule is C.C=CC.C=O.[U]. The molecule has 2 heteroatoms. The summed E-state index contributed by atoms with van der Waals surface area (Å²) < 4.78 is 0. The van der Waals surface area contributed by atoms with E-state index in [1.807, 2.05) is 13.7 Å². The summed E-state index contributed by atoms with van der Waals surface area (Å²) in [4.78, 5) is 8.00. The first kappa shape index (κ1) is 26.0. The fraction of sp³-hybridized carbons (Fsp3) is 0.400. The van der Waals surface area contributed by atoms with Gasteiger partial charge in [-0.15, -0.1) is 6.58 Å². The Hall–Kier alpha value is 0.462. The molecule has 0 unspecified atom stereocenters. The van der Waals surface area contributed by atoms with Crippen LogP contribution in [0.4, 0.5) is 0 Å². The van der Waals surface area contributed by atoms with Crippen molar-refractivity contribution in [1.82, 2.24) is 0 Å². The van der Waals surface area contributed by atoms with Crippen LogP contribution in [-0.2, 0) is 4.79 Å². The molecule has 7 heavy (non-hydrogen) atoms. The van der Waals surface area contributed by atoms with Crippen molar-refractivity contribution in [2.45, 2.75) is 14.4 Å². The molecule has 42 valence electrons. The number of hydrogen-bond acceptors (Lipinski definition) is 1. The van der Waals surface area contributed by atoms with Gasteiger partial charge in [0.15, 0.2) is 0 Å². The minimum absolute atomic E-state index is 0. The zero-order valence-electron chi connectivity index (χ0n) is 3.90. The normalized spacial score (nSPS) is 2.43. The molecule has 0 aliphatic heterocycles. The van der Waals surface area contributed by atoms with Crippen molar-refractivity contribution in [3.8, 4) is 0 Å². The summed E-state index contributed by atoms with van der Waals surface area (Å²) in [6.07, 6.45) is 1.75. The second-order valence-electron chi connectivity index (χ2n) is 0.408. The minimum atomic E-state index is 0. The standard InChI is InChI=1S/C3H6.CH2O.CH4.U/c1-3-2;1-2;;/h3H,1H2,2H3;1H2;1H4;. The zero-order valence-corrected chi connectivity index (χ0v) is 8.06. The molecule has 0 amide bonds. The van der Waals surface area contributed by atoms with Crippen molar-refractivity contribution in [2.75, 3.05) is 0 Å². The van der Waals surface area contributed by atoms with E-state index in [9.17, 15) is 0 Å². The van der Waals surface area contributed by atoms with Gasteiger partial charge in [0.25, 0.3) is 0 Å². The van der Waals surface area contributed by atoms with Crippen molar-refractivity contribution in [1.29, 1.82) is 0 Å². The summed E-state index contributed by atoms with van der Waals surface area (Å²) >= 11 is 0. The smallest absolute Gasteiger partial charge is 0.106 e. The first-order valence-electron chi connectivity index (χ1n) is 1.27. The summed E-state index contributed by atoms with van der Waals surface area (Å²) in [6, 6.07) is 0. The maximum Gasteiger partial charge on any atom is 0.106 e. The molecule has 0 aromatic heterocycles. The molecule has 0 aromatic carbocycles. The van der Waals surface area contributed by atoms with Gasteiger partial charge in [-0.1, -0.05) is 13.5 Å². The fourth-order valence-corrected chi connectivity index (χ4v) is 0. The number of rotatable bonds is 0. The molecule has 0 spiro atoms. The number of carbonyl (C=O) groups is 1. The van der Waals surface area contributed by atoms with Gasteiger partial charge in [0.2, 0.25) is 0 Å². The van der Waals surface area contributed by atoms with Gasteiger partial charge in [-0.3, -0.25) is 0 Å². The molecule has 0 aliphatic rings. The molecule has 0 N–H and O–H groups in total. The van der Waals surface area contributed by atoms with E-state index in [2.05, 4.69) is 6.58 Å². The monoisotopic (exact) mass is 326 g/mol. The van der Waals surface area contributed by atoms with E-state index in [1.165, 1.54) is 0 Å². The van der Waals surface area contributed by atoms with Crippen LogP contribution in [0.25, 0.3) is 0 Å². The molecule has 0 saturated carbocycles. The Kier molecular flexibility index (Phi) is 335. The topological polar surface area (TPSA) is 17.1 Å². The third kappa shape index (κ3) is 603. The Balaban J connectivity index is -0.0000000105. The molecule has 0 fully saturated rings. The predicted octanol–water partition coefficient (Wildman–Crippen LogP) is 1.64. The number of hydrogen-bond donors (Lipinski definition) is 0. The van der Waals surface area contributed by atoms with E-state index >= 15 is 0 Å². The summed E-state index contributed by atoms with van der Waals surface area (Å²) in [7, 11) is 0. The zero-order chi connectivity index (χ0) is 4.71. The van der Waals surface area contributed by atoms with Gasteiger partial charge < -0.3 is 4.79 Å². The first-order valence-corrected chi connectivity index (χ1v) is 1.27. The summed E-state index contributed by atoms with van der Waals surface area (Å²) in [5.41, 5.74) is 0.